The first kappa shape index (κ1) is 68.6. The zero-order valence-corrected chi connectivity index (χ0v) is 50.4. The Morgan fingerprint density at radius 3 is 1.45 bits per heavy atom. The van der Waals surface area contributed by atoms with Gasteiger partial charge in [-0.2, -0.15) is 0 Å². The molecule has 0 saturated heterocycles. The molecule has 0 heterocycles. The molecule has 0 saturated carbocycles. The lowest BCUT2D eigenvalue weighted by molar-refractivity contribution is -0.157. The van der Waals surface area contributed by atoms with Gasteiger partial charge in [-0.3, -0.25) is 4.90 Å². The number of nitrogens with one attached hydrogen (secondary N) is 4. The van der Waals surface area contributed by atoms with Crippen LogP contribution in [-0.4, -0.2) is 227 Å². The van der Waals surface area contributed by atoms with Crippen LogP contribution in [0, 0.1) is 10.8 Å². The van der Waals surface area contributed by atoms with Crippen LogP contribution in [0.3, 0.4) is 0 Å². The zero-order chi connectivity index (χ0) is 52.1. The second kappa shape index (κ2) is 40.9. The fourth-order valence-corrected chi connectivity index (χ4v) is 13.2. The van der Waals surface area contributed by atoms with Gasteiger partial charge in [0, 0.05) is 23.7 Å². The molecule has 0 aromatic heterocycles. The van der Waals surface area contributed by atoms with Crippen LogP contribution in [-0.2, 0) is 0 Å². The summed E-state index contributed by atoms with van der Waals surface area (Å²) in [6.07, 6.45) is 23.8. The van der Waals surface area contributed by atoms with Crippen LogP contribution >= 0.6 is 0 Å². The third-order valence-corrected chi connectivity index (χ3v) is 16.5. The normalized spacial score (nSPS) is 16.7. The molecule has 0 fully saturated rings. The van der Waals surface area contributed by atoms with Crippen molar-refractivity contribution in [2.24, 2.45) is 10.8 Å². The van der Waals surface area contributed by atoms with Gasteiger partial charge in [0.05, 0.1) is 0 Å². The van der Waals surface area contributed by atoms with Crippen molar-refractivity contribution in [1.29, 1.82) is 0 Å². The van der Waals surface area contributed by atoms with Crippen molar-refractivity contribution in [3.05, 3.63) is 0 Å². The Morgan fingerprint density at radius 2 is 0.913 bits per heavy atom. The Kier molecular flexibility index (Phi) is 40.6. The van der Waals surface area contributed by atoms with Crippen LogP contribution in [0.5, 0.6) is 0 Å². The average molecular weight is 981 g/mol. The summed E-state index contributed by atoms with van der Waals surface area (Å²) in [4.78, 5) is 18.3. The lowest BCUT2D eigenvalue weighted by atomic mass is 9.42. The lowest BCUT2D eigenvalue weighted by Crippen LogP contribution is -2.76. The number of hydrogen-bond acceptors (Lipinski definition) is 11. The summed E-state index contributed by atoms with van der Waals surface area (Å²) in [5.41, 5.74) is -0.100. The van der Waals surface area contributed by atoms with Gasteiger partial charge in [0.1, 0.15) is 0 Å². The van der Waals surface area contributed by atoms with Gasteiger partial charge in [0.25, 0.3) is 0 Å². The van der Waals surface area contributed by atoms with Gasteiger partial charge >= 0.3 is 0 Å². The highest BCUT2D eigenvalue weighted by Crippen LogP contribution is 2.64. The molecule has 0 amide bonds. The molecule has 0 radical (unpaired) electrons. The van der Waals surface area contributed by atoms with E-state index in [0.717, 1.165) is 98.2 Å². The van der Waals surface area contributed by atoms with Crippen LogP contribution in [0.4, 0.5) is 0 Å². The van der Waals surface area contributed by atoms with Crippen molar-refractivity contribution in [2.75, 3.05) is 169 Å². The summed E-state index contributed by atoms with van der Waals surface area (Å²) >= 11 is 0. The molecule has 0 rings (SSSR count). The van der Waals surface area contributed by atoms with E-state index >= 15 is 0 Å². The highest BCUT2D eigenvalue weighted by Gasteiger charge is 2.65. The van der Waals surface area contributed by atoms with E-state index < -0.39 is 0 Å². The van der Waals surface area contributed by atoms with Crippen LogP contribution in [0.15, 0.2) is 0 Å². The van der Waals surface area contributed by atoms with Crippen LogP contribution in [0.1, 0.15) is 177 Å². The topological polar surface area (TPSA) is 70.8 Å². The predicted octanol–water partition coefficient (Wildman–Crippen LogP) is 9.15. The second-order valence-corrected chi connectivity index (χ2v) is 22.6. The molecule has 0 aromatic carbocycles. The summed E-state index contributed by atoms with van der Waals surface area (Å²) in [7, 11) is 23.3. The Labute approximate surface area is 434 Å². The quantitative estimate of drug-likeness (QED) is 0.0442. The largest absolute Gasteiger partial charge is 0.317 e. The maximum Gasteiger partial charge on any atom is 0.0400 e. The average Bonchev–Trinajstić information content (AvgIpc) is 3.29. The van der Waals surface area contributed by atoms with E-state index in [2.05, 4.69) is 176 Å². The molecule has 416 valence electrons. The standard InChI is InChI=1S/C58H129N11/c1-19-59-46-32-27-29-37-53(61-21-3)38-35-41-56(45-47-60-20-2,54(67(17)18)39-51-66(15)16)57(43-36-50-65(13)14,42-31-34-49-64(11)12)58(62-22-4,44-30-28-33-48-63(9)10)55(69(25-7)26-8)40-52-68(23-5)24-6/h53-55,59-62H,19-52H2,1-18H3. The highest BCUT2D eigenvalue weighted by atomic mass is 15.2. The summed E-state index contributed by atoms with van der Waals surface area (Å²) < 4.78 is 0. The SMILES string of the molecule is CCNCCCCCC(CCCC(CCNCC)(C(CCN(C)C)N(C)C)C(CCCCN(C)C)(CCCN(C)C)C(CCCCCN(C)C)(NCC)C(CCN(CC)CC)N(CC)CC)NCC. The smallest absolute Gasteiger partial charge is 0.0400 e. The van der Waals surface area contributed by atoms with Crippen molar-refractivity contribution < 1.29 is 0 Å². The van der Waals surface area contributed by atoms with Crippen LogP contribution in [0.2, 0.25) is 0 Å². The monoisotopic (exact) mass is 980 g/mol. The molecule has 11 heteroatoms. The zero-order valence-electron chi connectivity index (χ0n) is 50.4. The van der Waals surface area contributed by atoms with Gasteiger partial charge in [0.2, 0.25) is 0 Å². The molecule has 11 nitrogen and oxygen atoms in total. The predicted molar refractivity (Wildman–Crippen MR) is 310 cm³/mol. The number of nitrogens with zero attached hydrogens (tertiary/aromatic N) is 7. The van der Waals surface area contributed by atoms with Crippen molar-refractivity contribution in [3.63, 3.8) is 0 Å². The number of rotatable bonds is 50. The summed E-state index contributed by atoms with van der Waals surface area (Å²) in [6.45, 7) is 35.5. The third kappa shape index (κ3) is 25.1. The van der Waals surface area contributed by atoms with Crippen molar-refractivity contribution in [3.8, 4) is 0 Å². The van der Waals surface area contributed by atoms with Gasteiger partial charge in [0.15, 0.2) is 0 Å². The Bertz CT molecular complexity index is 1130. The minimum absolute atomic E-state index is 0.00692. The number of likely N-dealkylation sites (N-methyl/N-ethyl adjacent to an activating group) is 2. The maximum atomic E-state index is 4.79. The lowest BCUT2D eigenvalue weighted by Gasteiger charge is -2.68. The summed E-state index contributed by atoms with van der Waals surface area (Å²) in [5, 5.41) is 16.5. The molecule has 6 unspecified atom stereocenters. The minimum atomic E-state index is -0.115. The molecule has 0 spiro atoms. The van der Waals surface area contributed by atoms with Crippen LogP contribution in [0.25, 0.3) is 0 Å². The van der Waals surface area contributed by atoms with E-state index in [9.17, 15) is 0 Å². The van der Waals surface area contributed by atoms with E-state index in [0.29, 0.717) is 18.1 Å². The number of unbranched alkanes of at least 4 members (excludes halogenated alkanes) is 5. The first-order chi connectivity index (χ1) is 33.0. The molecule has 69 heavy (non-hydrogen) atoms. The third-order valence-electron chi connectivity index (χ3n) is 16.5. The van der Waals surface area contributed by atoms with E-state index in [4.69, 9.17) is 5.32 Å². The fourth-order valence-electron chi connectivity index (χ4n) is 13.2. The molecule has 0 aliphatic rings. The first-order valence-corrected chi connectivity index (χ1v) is 29.6. The van der Waals surface area contributed by atoms with Crippen molar-refractivity contribution in [1.82, 2.24) is 55.6 Å². The second-order valence-electron chi connectivity index (χ2n) is 22.6. The Hall–Kier alpha value is -0.440. The molecular formula is C58H129N11. The first-order valence-electron chi connectivity index (χ1n) is 29.6. The molecule has 6 atom stereocenters. The van der Waals surface area contributed by atoms with Crippen molar-refractivity contribution in [2.45, 2.75) is 201 Å². The maximum absolute atomic E-state index is 4.79. The Morgan fingerprint density at radius 1 is 0.391 bits per heavy atom. The van der Waals surface area contributed by atoms with E-state index in [-0.39, 0.29) is 16.4 Å². The van der Waals surface area contributed by atoms with E-state index in [1.165, 1.54) is 122 Å². The molecule has 0 aliphatic carbocycles. The molecule has 0 aromatic rings. The summed E-state index contributed by atoms with van der Waals surface area (Å²) in [6, 6.07) is 1.39. The van der Waals surface area contributed by atoms with Crippen LogP contribution < -0.4 is 21.3 Å². The van der Waals surface area contributed by atoms with E-state index in [1.54, 1.807) is 0 Å². The van der Waals surface area contributed by atoms with Gasteiger partial charge in [-0.1, -0.05) is 93.9 Å². The van der Waals surface area contributed by atoms with E-state index in [1.807, 2.05) is 0 Å². The molecule has 4 N–H and O–H groups in total. The van der Waals surface area contributed by atoms with Gasteiger partial charge in [-0.15, -0.1) is 0 Å². The summed E-state index contributed by atoms with van der Waals surface area (Å²) in [5.74, 6) is 0. The minimum Gasteiger partial charge on any atom is -0.317 e. The highest BCUT2D eigenvalue weighted by molar-refractivity contribution is 5.20. The molecule has 0 bridgehead atoms. The van der Waals surface area contributed by atoms with Crippen molar-refractivity contribution >= 4 is 0 Å². The van der Waals surface area contributed by atoms with Gasteiger partial charge in [-0.25, -0.2) is 0 Å². The Balaban J connectivity index is 9.18. The molecular weight excluding hydrogens is 851 g/mol. The van der Waals surface area contributed by atoms with Gasteiger partial charge in [-0.05, 0) is 263 Å². The van der Waals surface area contributed by atoms with Gasteiger partial charge < -0.3 is 50.7 Å². The molecule has 0 aliphatic heterocycles. The fraction of sp³-hybridized carbons (Fsp3) is 1.00. The number of hydrogen-bond donors (Lipinski definition) is 4.